The molecule has 2 rings (SSSR count). The van der Waals surface area contributed by atoms with E-state index in [4.69, 9.17) is 9.47 Å². The van der Waals surface area contributed by atoms with Crippen LogP contribution in [0, 0.1) is 3.57 Å². The van der Waals surface area contributed by atoms with E-state index in [0.717, 1.165) is 9.13 Å². The molecule has 0 unspecified atom stereocenters. The average molecular weight is 517 g/mol. The van der Waals surface area contributed by atoms with Gasteiger partial charge in [-0.1, -0.05) is 12.1 Å². The molecule has 0 saturated carbocycles. The van der Waals surface area contributed by atoms with Gasteiger partial charge in [0.15, 0.2) is 11.5 Å². The molecule has 2 aromatic rings. The van der Waals surface area contributed by atoms with Crippen LogP contribution in [0.25, 0.3) is 0 Å². The summed E-state index contributed by atoms with van der Waals surface area (Å²) in [7, 11) is 1.59. The second-order valence-electron chi connectivity index (χ2n) is 5.38. The summed E-state index contributed by atoms with van der Waals surface area (Å²) >= 11 is 5.53. The molecule has 0 heterocycles. The highest BCUT2D eigenvalue weighted by molar-refractivity contribution is 14.1. The van der Waals surface area contributed by atoms with E-state index in [2.05, 4.69) is 49.0 Å². The lowest BCUT2D eigenvalue weighted by Gasteiger charge is -2.15. The third kappa shape index (κ3) is 5.43. The van der Waals surface area contributed by atoms with Crippen molar-refractivity contribution in [2.45, 2.75) is 20.0 Å². The van der Waals surface area contributed by atoms with E-state index in [0.29, 0.717) is 21.5 Å². The summed E-state index contributed by atoms with van der Waals surface area (Å²) in [5, 5.41) is 4.02. The number of amides is 1. The van der Waals surface area contributed by atoms with Gasteiger partial charge in [0.1, 0.15) is 0 Å². The largest absolute Gasteiger partial charge is 0.493 e. The van der Waals surface area contributed by atoms with Crippen LogP contribution in [0.1, 0.15) is 29.8 Å². The van der Waals surface area contributed by atoms with Crippen molar-refractivity contribution in [2.24, 2.45) is 5.10 Å². The summed E-state index contributed by atoms with van der Waals surface area (Å²) in [6.45, 7) is 3.92. The Labute approximate surface area is 169 Å². The monoisotopic (exact) mass is 516 g/mol. The van der Waals surface area contributed by atoms with Crippen LogP contribution in [-0.4, -0.2) is 25.3 Å². The summed E-state index contributed by atoms with van der Waals surface area (Å²) in [5.74, 6) is 1.04. The molecule has 0 aliphatic carbocycles. The van der Waals surface area contributed by atoms with E-state index in [-0.39, 0.29) is 12.0 Å². The predicted octanol–water partition coefficient (Wildman–Crippen LogP) is 4.61. The standard InChI is InChI=1S/C18H18BrIN2O3/c1-11(2)25-17-15(20)8-12(9-16(17)24-3)10-21-22-18(23)13-6-4-5-7-14(13)19/h4-11H,1-3H3,(H,22,23)/b21-10-. The molecule has 7 heteroatoms. The van der Waals surface area contributed by atoms with Crippen LogP contribution in [0.15, 0.2) is 46.0 Å². The highest BCUT2D eigenvalue weighted by Gasteiger charge is 2.13. The molecule has 0 fully saturated rings. The van der Waals surface area contributed by atoms with Gasteiger partial charge in [-0.05, 0) is 82.2 Å². The number of carbonyl (C=O) groups is 1. The quantitative estimate of drug-likeness (QED) is 0.346. The summed E-state index contributed by atoms with van der Waals surface area (Å²) in [6.07, 6.45) is 1.61. The summed E-state index contributed by atoms with van der Waals surface area (Å²) < 4.78 is 12.8. The van der Waals surface area contributed by atoms with Crippen LogP contribution >= 0.6 is 38.5 Å². The summed E-state index contributed by atoms with van der Waals surface area (Å²) in [5.41, 5.74) is 3.83. The molecule has 25 heavy (non-hydrogen) atoms. The van der Waals surface area contributed by atoms with Gasteiger partial charge in [-0.2, -0.15) is 5.10 Å². The van der Waals surface area contributed by atoms with Crippen LogP contribution in [0.2, 0.25) is 0 Å². The van der Waals surface area contributed by atoms with Crippen LogP contribution in [0.4, 0.5) is 0 Å². The van der Waals surface area contributed by atoms with Crippen molar-refractivity contribution in [1.29, 1.82) is 0 Å². The van der Waals surface area contributed by atoms with E-state index in [1.807, 2.05) is 32.0 Å². The van der Waals surface area contributed by atoms with Gasteiger partial charge in [-0.25, -0.2) is 5.43 Å². The molecular weight excluding hydrogens is 499 g/mol. The minimum absolute atomic E-state index is 0.0468. The van der Waals surface area contributed by atoms with E-state index in [1.165, 1.54) is 0 Å². The third-order valence-electron chi connectivity index (χ3n) is 3.10. The molecule has 132 valence electrons. The van der Waals surface area contributed by atoms with Crippen LogP contribution in [-0.2, 0) is 0 Å². The summed E-state index contributed by atoms with van der Waals surface area (Å²) in [6, 6.07) is 10.9. The second-order valence-corrected chi connectivity index (χ2v) is 7.40. The van der Waals surface area contributed by atoms with Crippen LogP contribution in [0.3, 0.4) is 0 Å². The zero-order valence-corrected chi connectivity index (χ0v) is 17.8. The normalized spacial score (nSPS) is 11.0. The van der Waals surface area contributed by atoms with Crippen molar-refractivity contribution in [1.82, 2.24) is 5.43 Å². The molecule has 0 atom stereocenters. The van der Waals surface area contributed by atoms with Gasteiger partial charge in [-0.3, -0.25) is 4.79 Å². The molecule has 0 aromatic heterocycles. The zero-order chi connectivity index (χ0) is 18.4. The van der Waals surface area contributed by atoms with E-state index in [9.17, 15) is 4.79 Å². The maximum absolute atomic E-state index is 12.1. The average Bonchev–Trinajstić information content (AvgIpc) is 2.57. The molecular formula is C18H18BrIN2O3. The first-order chi connectivity index (χ1) is 11.9. The molecule has 2 aromatic carbocycles. The number of methoxy groups -OCH3 is 1. The molecule has 0 bridgehead atoms. The maximum atomic E-state index is 12.1. The first kappa shape index (κ1) is 19.7. The Bertz CT molecular complexity index is 794. The number of benzene rings is 2. The fraction of sp³-hybridized carbons (Fsp3) is 0.222. The van der Waals surface area contributed by atoms with Crippen molar-refractivity contribution in [2.75, 3.05) is 7.11 Å². The number of hydrogen-bond acceptors (Lipinski definition) is 4. The van der Waals surface area contributed by atoms with Crippen molar-refractivity contribution in [3.8, 4) is 11.5 Å². The molecule has 0 radical (unpaired) electrons. The van der Waals surface area contributed by atoms with Gasteiger partial charge in [0, 0.05) is 4.47 Å². The molecule has 1 amide bonds. The molecule has 1 N–H and O–H groups in total. The lowest BCUT2D eigenvalue weighted by molar-refractivity contribution is 0.0954. The van der Waals surface area contributed by atoms with Gasteiger partial charge in [0.25, 0.3) is 5.91 Å². The number of halogens is 2. The second kappa shape index (κ2) is 9.19. The number of ether oxygens (including phenoxy) is 2. The lowest BCUT2D eigenvalue weighted by atomic mass is 10.2. The fourth-order valence-corrected chi connectivity index (χ4v) is 3.25. The number of rotatable bonds is 6. The number of hydrogen-bond donors (Lipinski definition) is 1. The van der Waals surface area contributed by atoms with Gasteiger partial charge < -0.3 is 9.47 Å². The number of nitrogens with zero attached hydrogens (tertiary/aromatic N) is 1. The third-order valence-corrected chi connectivity index (χ3v) is 4.60. The van der Waals surface area contributed by atoms with Gasteiger partial charge in [0.05, 0.1) is 28.6 Å². The maximum Gasteiger partial charge on any atom is 0.272 e. The minimum Gasteiger partial charge on any atom is -0.493 e. The highest BCUT2D eigenvalue weighted by atomic mass is 127. The van der Waals surface area contributed by atoms with Crippen molar-refractivity contribution < 1.29 is 14.3 Å². The Morgan fingerprint density at radius 2 is 2.04 bits per heavy atom. The van der Waals surface area contributed by atoms with E-state index in [1.54, 1.807) is 31.5 Å². The molecule has 0 spiro atoms. The van der Waals surface area contributed by atoms with Crippen LogP contribution < -0.4 is 14.9 Å². The van der Waals surface area contributed by atoms with Crippen molar-refractivity contribution >= 4 is 50.6 Å². The van der Waals surface area contributed by atoms with Crippen molar-refractivity contribution in [3.63, 3.8) is 0 Å². The number of nitrogens with one attached hydrogen (secondary N) is 1. The number of hydrazone groups is 1. The van der Waals surface area contributed by atoms with Gasteiger partial charge in [-0.15, -0.1) is 0 Å². The number of carbonyl (C=O) groups excluding carboxylic acids is 1. The zero-order valence-electron chi connectivity index (χ0n) is 14.0. The van der Waals surface area contributed by atoms with E-state index >= 15 is 0 Å². The van der Waals surface area contributed by atoms with Crippen molar-refractivity contribution in [3.05, 3.63) is 55.6 Å². The Balaban J connectivity index is 2.14. The predicted molar refractivity (Wildman–Crippen MR) is 111 cm³/mol. The topological polar surface area (TPSA) is 59.9 Å². The lowest BCUT2D eigenvalue weighted by Crippen LogP contribution is -2.18. The first-order valence-corrected chi connectivity index (χ1v) is 9.41. The summed E-state index contributed by atoms with van der Waals surface area (Å²) in [4.78, 5) is 12.1. The first-order valence-electron chi connectivity index (χ1n) is 7.54. The molecule has 0 saturated heterocycles. The fourth-order valence-electron chi connectivity index (χ4n) is 2.04. The Morgan fingerprint density at radius 1 is 1.32 bits per heavy atom. The SMILES string of the molecule is COc1cc(/C=N\NC(=O)c2ccccc2Br)cc(I)c1OC(C)C. The Kier molecular flexibility index (Phi) is 7.24. The van der Waals surface area contributed by atoms with E-state index < -0.39 is 0 Å². The highest BCUT2D eigenvalue weighted by Crippen LogP contribution is 2.34. The van der Waals surface area contributed by atoms with Crippen LogP contribution in [0.5, 0.6) is 11.5 Å². The Morgan fingerprint density at radius 3 is 2.68 bits per heavy atom. The smallest absolute Gasteiger partial charge is 0.272 e. The molecule has 0 aliphatic heterocycles. The molecule has 0 aliphatic rings. The minimum atomic E-state index is -0.287. The van der Waals surface area contributed by atoms with Gasteiger partial charge in [0.2, 0.25) is 0 Å². The Hall–Kier alpha value is -1.61. The van der Waals surface area contributed by atoms with Gasteiger partial charge >= 0.3 is 0 Å². The molecule has 5 nitrogen and oxygen atoms in total.